The van der Waals surface area contributed by atoms with Crippen molar-refractivity contribution in [3.63, 3.8) is 0 Å². The van der Waals surface area contributed by atoms with Crippen molar-refractivity contribution in [3.8, 4) is 5.88 Å². The minimum atomic E-state index is 0.630. The van der Waals surface area contributed by atoms with Crippen molar-refractivity contribution in [1.82, 2.24) is 15.2 Å². The van der Waals surface area contributed by atoms with E-state index in [4.69, 9.17) is 4.74 Å². The summed E-state index contributed by atoms with van der Waals surface area (Å²) in [6.45, 7) is 4.60. The Hall–Kier alpha value is -2.04. The summed E-state index contributed by atoms with van der Waals surface area (Å²) in [5, 5.41) is 10.4. The molecule has 0 fully saturated rings. The number of methoxy groups -OCH3 is 1. The highest BCUT2D eigenvalue weighted by Gasteiger charge is 2.05. The lowest BCUT2D eigenvalue weighted by molar-refractivity contribution is 0.396. The Morgan fingerprint density at radius 2 is 2.18 bits per heavy atom. The van der Waals surface area contributed by atoms with Crippen LogP contribution < -0.4 is 10.1 Å². The fourth-order valence-electron chi connectivity index (χ4n) is 1.66. The average Bonchev–Trinajstić information content (AvgIpc) is 2.67. The number of H-pyrrole nitrogens is 1. The maximum absolute atomic E-state index is 5.08. The number of nitrogens with one attached hydrogen (secondary N) is 2. The minimum Gasteiger partial charge on any atom is -0.481 e. The smallest absolute Gasteiger partial charge is 0.213 e. The lowest BCUT2D eigenvalue weighted by Gasteiger charge is -2.07. The standard InChI is InChI=1S/C12H16N4O/c1-8-12(9(2)16-15-8)13-7-10-5-4-6-11(14-10)17-3/h4-6,13H,7H2,1-3H3,(H,15,16). The molecule has 2 N–H and O–H groups in total. The van der Waals surface area contributed by atoms with Gasteiger partial charge in [-0.1, -0.05) is 6.07 Å². The van der Waals surface area contributed by atoms with E-state index in [-0.39, 0.29) is 0 Å². The Morgan fingerprint density at radius 3 is 2.82 bits per heavy atom. The summed E-state index contributed by atoms with van der Waals surface area (Å²) in [4.78, 5) is 4.33. The van der Waals surface area contributed by atoms with Gasteiger partial charge >= 0.3 is 0 Å². The van der Waals surface area contributed by atoms with Gasteiger partial charge in [0.2, 0.25) is 5.88 Å². The third kappa shape index (κ3) is 2.55. The summed E-state index contributed by atoms with van der Waals surface area (Å²) in [5.41, 5.74) is 3.97. The van der Waals surface area contributed by atoms with Crippen LogP contribution in [0.2, 0.25) is 0 Å². The summed E-state index contributed by atoms with van der Waals surface area (Å²) < 4.78 is 5.08. The van der Waals surface area contributed by atoms with Crippen LogP contribution >= 0.6 is 0 Å². The highest BCUT2D eigenvalue weighted by molar-refractivity contribution is 5.51. The quantitative estimate of drug-likeness (QED) is 0.846. The molecule has 0 radical (unpaired) electrons. The first kappa shape index (κ1) is 11.4. The topological polar surface area (TPSA) is 62.8 Å². The Kier molecular flexibility index (Phi) is 3.27. The lowest BCUT2D eigenvalue weighted by Crippen LogP contribution is -2.03. The highest BCUT2D eigenvalue weighted by atomic mass is 16.5. The molecule has 0 aliphatic heterocycles. The Balaban J connectivity index is 2.07. The van der Waals surface area contributed by atoms with Crippen molar-refractivity contribution in [3.05, 3.63) is 35.3 Å². The first-order chi connectivity index (χ1) is 8.20. The van der Waals surface area contributed by atoms with Gasteiger partial charge in [-0.05, 0) is 19.9 Å². The molecule has 0 atom stereocenters. The zero-order valence-electron chi connectivity index (χ0n) is 10.2. The summed E-state index contributed by atoms with van der Waals surface area (Å²) in [5.74, 6) is 0.630. The molecule has 5 nitrogen and oxygen atoms in total. The molecule has 90 valence electrons. The first-order valence-electron chi connectivity index (χ1n) is 5.46. The zero-order chi connectivity index (χ0) is 12.3. The molecule has 2 aromatic heterocycles. The van der Waals surface area contributed by atoms with Gasteiger partial charge < -0.3 is 10.1 Å². The van der Waals surface area contributed by atoms with Crippen LogP contribution in [0.5, 0.6) is 5.88 Å². The number of hydrogen-bond donors (Lipinski definition) is 2. The Bertz CT molecular complexity index is 487. The molecule has 0 amide bonds. The number of ether oxygens (including phenoxy) is 1. The molecule has 0 aromatic carbocycles. The van der Waals surface area contributed by atoms with E-state index in [9.17, 15) is 0 Å². The Labute approximate surface area is 100 Å². The molecule has 17 heavy (non-hydrogen) atoms. The van der Waals surface area contributed by atoms with E-state index >= 15 is 0 Å². The highest BCUT2D eigenvalue weighted by Crippen LogP contribution is 2.17. The van der Waals surface area contributed by atoms with E-state index < -0.39 is 0 Å². The third-order valence-corrected chi connectivity index (χ3v) is 2.56. The maximum atomic E-state index is 5.08. The van der Waals surface area contributed by atoms with Gasteiger partial charge in [0.25, 0.3) is 0 Å². The van der Waals surface area contributed by atoms with Gasteiger partial charge in [-0.2, -0.15) is 5.10 Å². The van der Waals surface area contributed by atoms with E-state index in [1.807, 2.05) is 32.0 Å². The number of hydrogen-bond acceptors (Lipinski definition) is 4. The summed E-state index contributed by atoms with van der Waals surface area (Å²) in [6.07, 6.45) is 0. The van der Waals surface area contributed by atoms with Crippen LogP contribution in [0.3, 0.4) is 0 Å². The molecule has 0 aliphatic rings. The molecule has 0 saturated carbocycles. The van der Waals surface area contributed by atoms with Gasteiger partial charge in [-0.3, -0.25) is 5.10 Å². The number of aromatic nitrogens is 3. The van der Waals surface area contributed by atoms with Crippen molar-refractivity contribution in [1.29, 1.82) is 0 Å². The number of pyridine rings is 1. The summed E-state index contributed by atoms with van der Waals surface area (Å²) in [6, 6.07) is 5.72. The monoisotopic (exact) mass is 232 g/mol. The number of nitrogens with zero attached hydrogens (tertiary/aromatic N) is 2. The van der Waals surface area contributed by atoms with Gasteiger partial charge in [0.1, 0.15) is 0 Å². The summed E-state index contributed by atoms with van der Waals surface area (Å²) >= 11 is 0. The second-order valence-electron chi connectivity index (χ2n) is 3.83. The van der Waals surface area contributed by atoms with Crippen LogP contribution in [-0.4, -0.2) is 22.3 Å². The first-order valence-corrected chi connectivity index (χ1v) is 5.46. The van der Waals surface area contributed by atoms with Crippen molar-refractivity contribution in [2.24, 2.45) is 0 Å². The van der Waals surface area contributed by atoms with Crippen LogP contribution in [-0.2, 0) is 6.54 Å². The van der Waals surface area contributed by atoms with E-state index in [1.54, 1.807) is 7.11 Å². The second-order valence-corrected chi connectivity index (χ2v) is 3.83. The van der Waals surface area contributed by atoms with Gasteiger partial charge in [0.05, 0.1) is 36.4 Å². The SMILES string of the molecule is COc1cccc(CNc2c(C)n[nH]c2C)n1. The number of aromatic amines is 1. The fourth-order valence-corrected chi connectivity index (χ4v) is 1.66. The molecule has 0 bridgehead atoms. The van der Waals surface area contributed by atoms with Gasteiger partial charge in [0, 0.05) is 6.07 Å². The van der Waals surface area contributed by atoms with Crippen molar-refractivity contribution in [2.45, 2.75) is 20.4 Å². The van der Waals surface area contributed by atoms with Crippen LogP contribution in [0.4, 0.5) is 5.69 Å². The second kappa shape index (κ2) is 4.86. The summed E-state index contributed by atoms with van der Waals surface area (Å²) in [7, 11) is 1.61. The molecule has 0 saturated heterocycles. The molecule has 0 unspecified atom stereocenters. The molecule has 0 spiro atoms. The fraction of sp³-hybridized carbons (Fsp3) is 0.333. The average molecular weight is 232 g/mol. The number of anilines is 1. The Morgan fingerprint density at radius 1 is 1.35 bits per heavy atom. The zero-order valence-corrected chi connectivity index (χ0v) is 10.2. The predicted octanol–water partition coefficient (Wildman–Crippen LogP) is 2.04. The lowest BCUT2D eigenvalue weighted by atomic mass is 10.3. The van der Waals surface area contributed by atoms with Crippen LogP contribution in [0.1, 0.15) is 17.1 Å². The molecule has 5 heteroatoms. The van der Waals surface area contributed by atoms with E-state index in [0.717, 1.165) is 22.8 Å². The van der Waals surface area contributed by atoms with Gasteiger partial charge in [-0.15, -0.1) is 0 Å². The van der Waals surface area contributed by atoms with Crippen molar-refractivity contribution < 1.29 is 4.74 Å². The molecule has 2 rings (SSSR count). The molecule has 0 aliphatic carbocycles. The van der Waals surface area contributed by atoms with Crippen molar-refractivity contribution in [2.75, 3.05) is 12.4 Å². The predicted molar refractivity (Wildman–Crippen MR) is 66.2 cm³/mol. The van der Waals surface area contributed by atoms with Gasteiger partial charge in [0.15, 0.2) is 0 Å². The van der Waals surface area contributed by atoms with Crippen molar-refractivity contribution >= 4 is 5.69 Å². The van der Waals surface area contributed by atoms with Gasteiger partial charge in [-0.25, -0.2) is 4.98 Å². The number of aryl methyl sites for hydroxylation is 2. The maximum Gasteiger partial charge on any atom is 0.213 e. The van der Waals surface area contributed by atoms with Crippen LogP contribution in [0.15, 0.2) is 18.2 Å². The van der Waals surface area contributed by atoms with Crippen LogP contribution in [0.25, 0.3) is 0 Å². The molecular weight excluding hydrogens is 216 g/mol. The van der Waals surface area contributed by atoms with Crippen LogP contribution in [0, 0.1) is 13.8 Å². The van der Waals surface area contributed by atoms with E-state index in [2.05, 4.69) is 20.5 Å². The van der Waals surface area contributed by atoms with E-state index in [0.29, 0.717) is 12.4 Å². The minimum absolute atomic E-state index is 0.630. The van der Waals surface area contributed by atoms with E-state index in [1.165, 1.54) is 0 Å². The molecule has 2 heterocycles. The third-order valence-electron chi connectivity index (χ3n) is 2.56. The normalized spacial score (nSPS) is 10.3. The number of rotatable bonds is 4. The molecular formula is C12H16N4O. The largest absolute Gasteiger partial charge is 0.481 e. The molecule has 2 aromatic rings.